The third kappa shape index (κ3) is 5.72. The molecule has 38 heavy (non-hydrogen) atoms. The average Bonchev–Trinajstić information content (AvgIpc) is 3.24. The molecule has 9 heteroatoms. The third-order valence-electron chi connectivity index (χ3n) is 6.63. The molecule has 1 aliphatic heterocycles. The number of imidazole rings is 1. The van der Waals surface area contributed by atoms with Gasteiger partial charge in [0.1, 0.15) is 17.4 Å². The zero-order valence-corrected chi connectivity index (χ0v) is 22.1. The zero-order valence-electron chi connectivity index (χ0n) is 22.1. The summed E-state index contributed by atoms with van der Waals surface area (Å²) < 4.78 is 7.26. The highest BCUT2D eigenvalue weighted by Gasteiger charge is 2.31. The van der Waals surface area contributed by atoms with E-state index in [0.717, 1.165) is 24.0 Å². The van der Waals surface area contributed by atoms with E-state index in [1.54, 1.807) is 9.47 Å². The summed E-state index contributed by atoms with van der Waals surface area (Å²) in [7, 11) is 0. The van der Waals surface area contributed by atoms with Gasteiger partial charge >= 0.3 is 11.8 Å². The van der Waals surface area contributed by atoms with Crippen molar-refractivity contribution in [1.82, 2.24) is 24.4 Å². The number of amides is 1. The Morgan fingerprint density at radius 3 is 2.26 bits per heavy atom. The number of anilines is 1. The summed E-state index contributed by atoms with van der Waals surface area (Å²) in [6, 6.07) is 20.2. The summed E-state index contributed by atoms with van der Waals surface area (Å²) in [6.07, 6.45) is 2.69. The van der Waals surface area contributed by atoms with Crippen molar-refractivity contribution >= 4 is 23.1 Å². The molecule has 1 unspecified atom stereocenters. The number of rotatable bonds is 6. The Bertz CT molecular complexity index is 1400. The molecule has 0 aliphatic carbocycles. The number of aromatic amines is 1. The average molecular weight is 515 g/mol. The van der Waals surface area contributed by atoms with Gasteiger partial charge in [0.05, 0.1) is 6.04 Å². The molecule has 0 radical (unpaired) electrons. The van der Waals surface area contributed by atoms with Gasteiger partial charge in [-0.3, -0.25) is 4.57 Å². The minimum Gasteiger partial charge on any atom is -0.444 e. The van der Waals surface area contributed by atoms with E-state index < -0.39 is 5.60 Å². The normalized spacial score (nSPS) is 16.0. The van der Waals surface area contributed by atoms with E-state index >= 15 is 0 Å². The SMILES string of the molecule is CC(C)(C)OC(=O)N1CCCC(n2c(=O)[nH]c3c(N(Cc4ccccc4)Cc4ccccc4)ncnc32)C1. The molecule has 0 spiro atoms. The Labute approximate surface area is 222 Å². The van der Waals surface area contributed by atoms with Crippen LogP contribution in [0.3, 0.4) is 0 Å². The van der Waals surface area contributed by atoms with E-state index in [9.17, 15) is 9.59 Å². The van der Waals surface area contributed by atoms with Crippen LogP contribution >= 0.6 is 0 Å². The first-order chi connectivity index (χ1) is 18.3. The fraction of sp³-hybridized carbons (Fsp3) is 0.379. The molecule has 3 heterocycles. The molecular formula is C29H34N6O3. The summed E-state index contributed by atoms with van der Waals surface area (Å²) in [5.74, 6) is 0.665. The molecule has 2 aromatic carbocycles. The number of carbonyl (C=O) groups excluding carboxylic acids is 1. The Morgan fingerprint density at radius 2 is 1.66 bits per heavy atom. The number of fused-ring (bicyclic) bond motifs is 1. The third-order valence-corrected chi connectivity index (χ3v) is 6.63. The lowest BCUT2D eigenvalue weighted by molar-refractivity contribution is 0.0172. The van der Waals surface area contributed by atoms with Crippen LogP contribution in [0.25, 0.3) is 11.2 Å². The van der Waals surface area contributed by atoms with Crippen LogP contribution < -0.4 is 10.6 Å². The van der Waals surface area contributed by atoms with E-state index in [2.05, 4.69) is 44.1 Å². The number of nitrogens with zero attached hydrogens (tertiary/aromatic N) is 5. The summed E-state index contributed by atoms with van der Waals surface area (Å²) in [5.41, 5.74) is 2.58. The first-order valence-corrected chi connectivity index (χ1v) is 13.0. The molecule has 9 nitrogen and oxygen atoms in total. The molecule has 1 fully saturated rings. The monoisotopic (exact) mass is 514 g/mol. The Hall–Kier alpha value is -4.14. The smallest absolute Gasteiger partial charge is 0.410 e. The highest BCUT2D eigenvalue weighted by molar-refractivity contribution is 5.83. The van der Waals surface area contributed by atoms with Crippen molar-refractivity contribution < 1.29 is 9.53 Å². The highest BCUT2D eigenvalue weighted by Crippen LogP contribution is 2.28. The number of hydrogen-bond acceptors (Lipinski definition) is 6. The number of benzene rings is 2. The maximum absolute atomic E-state index is 13.3. The quantitative estimate of drug-likeness (QED) is 0.393. The van der Waals surface area contributed by atoms with Crippen molar-refractivity contribution in [3.8, 4) is 0 Å². The Kier molecular flexibility index (Phi) is 7.18. The minimum atomic E-state index is -0.579. The van der Waals surface area contributed by atoms with Crippen molar-refractivity contribution in [3.05, 3.63) is 88.6 Å². The van der Waals surface area contributed by atoms with Gasteiger partial charge in [-0.15, -0.1) is 0 Å². The molecule has 0 saturated carbocycles. The van der Waals surface area contributed by atoms with Crippen molar-refractivity contribution in [2.45, 2.75) is 58.3 Å². The zero-order chi connectivity index (χ0) is 26.7. The maximum atomic E-state index is 13.3. The largest absolute Gasteiger partial charge is 0.444 e. The van der Waals surface area contributed by atoms with Crippen LogP contribution in [0.1, 0.15) is 50.8 Å². The van der Waals surface area contributed by atoms with Gasteiger partial charge in [0.25, 0.3) is 0 Å². The van der Waals surface area contributed by atoms with Crippen LogP contribution in [-0.4, -0.2) is 49.2 Å². The first kappa shape index (κ1) is 25.5. The summed E-state index contributed by atoms with van der Waals surface area (Å²) >= 11 is 0. The van der Waals surface area contributed by atoms with Gasteiger partial charge < -0.3 is 19.5 Å². The van der Waals surface area contributed by atoms with E-state index in [-0.39, 0.29) is 17.8 Å². The number of nitrogens with one attached hydrogen (secondary N) is 1. The van der Waals surface area contributed by atoms with Gasteiger partial charge in [0.15, 0.2) is 11.5 Å². The molecule has 0 bridgehead atoms. The number of carbonyl (C=O) groups is 1. The van der Waals surface area contributed by atoms with Gasteiger partial charge in [0, 0.05) is 26.2 Å². The summed E-state index contributed by atoms with van der Waals surface area (Å²) in [5, 5.41) is 0. The predicted octanol–water partition coefficient (Wildman–Crippen LogP) is 4.90. The summed E-state index contributed by atoms with van der Waals surface area (Å²) in [4.78, 5) is 42.1. The molecule has 4 aromatic rings. The number of aromatic nitrogens is 4. The second kappa shape index (κ2) is 10.7. The van der Waals surface area contributed by atoms with Crippen LogP contribution in [0.5, 0.6) is 0 Å². The predicted molar refractivity (Wildman–Crippen MR) is 147 cm³/mol. The molecule has 1 atom stereocenters. The number of ether oxygens (including phenoxy) is 1. The fourth-order valence-corrected chi connectivity index (χ4v) is 4.97. The van der Waals surface area contributed by atoms with E-state index in [1.165, 1.54) is 6.33 Å². The standard InChI is InChI=1S/C29H34N6O3/c1-29(2,3)38-28(37)33-16-10-15-23(19-33)35-26-24(32-27(35)36)25(30-20-31-26)34(17-21-11-6-4-7-12-21)18-22-13-8-5-9-14-22/h4-9,11-14,20,23H,10,15-19H2,1-3H3,(H,32,36). The van der Waals surface area contributed by atoms with E-state index in [0.29, 0.717) is 43.2 Å². The number of piperidine rings is 1. The molecule has 2 aromatic heterocycles. The topological polar surface area (TPSA) is 96.3 Å². The molecule has 1 aliphatic rings. The van der Waals surface area contributed by atoms with Crippen molar-refractivity contribution in [2.75, 3.05) is 18.0 Å². The lowest BCUT2D eigenvalue weighted by Crippen LogP contribution is -2.44. The van der Waals surface area contributed by atoms with Crippen LogP contribution in [0.2, 0.25) is 0 Å². The van der Waals surface area contributed by atoms with Crippen LogP contribution in [0.4, 0.5) is 10.6 Å². The van der Waals surface area contributed by atoms with E-state index in [4.69, 9.17) is 4.74 Å². The van der Waals surface area contributed by atoms with Gasteiger partial charge in [0.2, 0.25) is 0 Å². The molecular weight excluding hydrogens is 480 g/mol. The van der Waals surface area contributed by atoms with Crippen molar-refractivity contribution in [2.24, 2.45) is 0 Å². The van der Waals surface area contributed by atoms with Gasteiger partial charge in [-0.1, -0.05) is 60.7 Å². The van der Waals surface area contributed by atoms with E-state index in [1.807, 2.05) is 57.2 Å². The maximum Gasteiger partial charge on any atom is 0.410 e. The molecule has 1 amide bonds. The van der Waals surface area contributed by atoms with Crippen molar-refractivity contribution in [3.63, 3.8) is 0 Å². The van der Waals surface area contributed by atoms with Crippen LogP contribution in [0.15, 0.2) is 71.8 Å². The lowest BCUT2D eigenvalue weighted by atomic mass is 10.1. The van der Waals surface area contributed by atoms with Gasteiger partial charge in [-0.2, -0.15) is 0 Å². The molecule has 198 valence electrons. The number of hydrogen-bond donors (Lipinski definition) is 1. The lowest BCUT2D eigenvalue weighted by Gasteiger charge is -2.34. The van der Waals surface area contributed by atoms with Crippen LogP contribution in [0, 0.1) is 0 Å². The van der Waals surface area contributed by atoms with Gasteiger partial charge in [-0.25, -0.2) is 19.6 Å². The Morgan fingerprint density at radius 1 is 1.03 bits per heavy atom. The second-order valence-corrected chi connectivity index (χ2v) is 10.7. The van der Waals surface area contributed by atoms with Crippen LogP contribution in [-0.2, 0) is 17.8 Å². The number of likely N-dealkylation sites (tertiary alicyclic amines) is 1. The fourth-order valence-electron chi connectivity index (χ4n) is 4.97. The molecule has 5 rings (SSSR count). The van der Waals surface area contributed by atoms with Gasteiger partial charge in [-0.05, 0) is 44.7 Å². The highest BCUT2D eigenvalue weighted by atomic mass is 16.6. The second-order valence-electron chi connectivity index (χ2n) is 10.7. The molecule has 1 N–H and O–H groups in total. The number of H-pyrrole nitrogens is 1. The van der Waals surface area contributed by atoms with Crippen molar-refractivity contribution in [1.29, 1.82) is 0 Å². The molecule has 1 saturated heterocycles. The first-order valence-electron chi connectivity index (χ1n) is 13.0. The summed E-state index contributed by atoms with van der Waals surface area (Å²) in [6.45, 7) is 7.78. The minimum absolute atomic E-state index is 0.211. The Balaban J connectivity index is 1.49.